The Morgan fingerprint density at radius 3 is 2.90 bits per heavy atom. The molecule has 110 valence electrons. The second kappa shape index (κ2) is 5.92. The van der Waals surface area contributed by atoms with Crippen LogP contribution in [0.1, 0.15) is 12.8 Å². The minimum atomic E-state index is -0.538. The van der Waals surface area contributed by atoms with E-state index in [-0.39, 0.29) is 18.6 Å². The third kappa shape index (κ3) is 3.18. The monoisotopic (exact) mass is 345 g/mol. The highest BCUT2D eigenvalue weighted by Crippen LogP contribution is 2.45. The van der Waals surface area contributed by atoms with E-state index in [0.29, 0.717) is 16.7 Å². The number of rotatable bonds is 6. The number of anilines is 1. The van der Waals surface area contributed by atoms with E-state index in [2.05, 4.69) is 31.1 Å². The van der Waals surface area contributed by atoms with Crippen LogP contribution in [0.15, 0.2) is 15.5 Å². The molecular formula is C12H16BrN3O4. The molecule has 1 aromatic rings. The fraction of sp³-hybridized carbons (Fsp3) is 0.583. The van der Waals surface area contributed by atoms with Gasteiger partial charge in [-0.3, -0.25) is 9.59 Å². The second-order valence-corrected chi connectivity index (χ2v) is 5.72. The van der Waals surface area contributed by atoms with Gasteiger partial charge in [0.1, 0.15) is 11.0 Å². The van der Waals surface area contributed by atoms with Gasteiger partial charge in [0.2, 0.25) is 0 Å². The number of esters is 1. The quantitative estimate of drug-likeness (QED) is 0.723. The Balaban J connectivity index is 2.10. The van der Waals surface area contributed by atoms with Crippen LogP contribution in [0.3, 0.4) is 0 Å². The van der Waals surface area contributed by atoms with Crippen molar-refractivity contribution in [2.75, 3.05) is 25.6 Å². The number of nitrogens with one attached hydrogen (secondary N) is 1. The molecule has 1 aromatic heterocycles. The lowest BCUT2D eigenvalue weighted by atomic mass is 10.1. The first-order valence-corrected chi connectivity index (χ1v) is 6.98. The predicted octanol–water partition coefficient (Wildman–Crippen LogP) is 0.363. The molecule has 1 aliphatic rings. The van der Waals surface area contributed by atoms with E-state index in [4.69, 9.17) is 0 Å². The summed E-state index contributed by atoms with van der Waals surface area (Å²) in [6.45, 7) is 0.490. The van der Waals surface area contributed by atoms with Gasteiger partial charge in [-0.2, -0.15) is 5.10 Å². The fourth-order valence-corrected chi connectivity index (χ4v) is 2.19. The Bertz CT molecular complexity index is 568. The number of aliphatic hydroxyl groups excluding tert-OH is 1. The van der Waals surface area contributed by atoms with Gasteiger partial charge in [0.05, 0.1) is 25.6 Å². The van der Waals surface area contributed by atoms with Crippen LogP contribution in [-0.2, 0) is 16.1 Å². The number of aromatic nitrogens is 2. The molecule has 0 spiro atoms. The highest BCUT2D eigenvalue weighted by atomic mass is 79.9. The van der Waals surface area contributed by atoms with E-state index in [0.717, 1.165) is 17.5 Å². The molecule has 2 rings (SSSR count). The molecule has 1 saturated carbocycles. The summed E-state index contributed by atoms with van der Waals surface area (Å²) >= 11 is 3.20. The Hall–Kier alpha value is -1.41. The van der Waals surface area contributed by atoms with Crippen molar-refractivity contribution in [3.8, 4) is 0 Å². The number of ether oxygens (including phenoxy) is 1. The average molecular weight is 346 g/mol. The molecule has 0 bridgehead atoms. The molecule has 0 amide bonds. The van der Waals surface area contributed by atoms with Gasteiger partial charge in [0.25, 0.3) is 5.56 Å². The molecule has 20 heavy (non-hydrogen) atoms. The largest absolute Gasteiger partial charge is 0.468 e. The van der Waals surface area contributed by atoms with E-state index in [1.165, 1.54) is 13.3 Å². The van der Waals surface area contributed by atoms with Crippen LogP contribution in [-0.4, -0.2) is 41.1 Å². The summed E-state index contributed by atoms with van der Waals surface area (Å²) < 4.78 is 5.84. The SMILES string of the molecule is COC(=O)Cn1ncc(NCC2(CO)CC2)c(Br)c1=O. The Kier molecular flexibility index (Phi) is 4.44. The summed E-state index contributed by atoms with van der Waals surface area (Å²) in [6, 6.07) is 0. The first-order chi connectivity index (χ1) is 9.51. The molecule has 0 aliphatic heterocycles. The molecule has 0 saturated heterocycles. The lowest BCUT2D eigenvalue weighted by Crippen LogP contribution is -2.29. The van der Waals surface area contributed by atoms with Gasteiger partial charge in [0.15, 0.2) is 0 Å². The van der Waals surface area contributed by atoms with E-state index in [1.54, 1.807) is 0 Å². The van der Waals surface area contributed by atoms with Crippen molar-refractivity contribution in [3.63, 3.8) is 0 Å². The van der Waals surface area contributed by atoms with Gasteiger partial charge in [-0.05, 0) is 28.8 Å². The van der Waals surface area contributed by atoms with E-state index in [9.17, 15) is 14.7 Å². The lowest BCUT2D eigenvalue weighted by Gasteiger charge is -2.15. The minimum absolute atomic E-state index is 0.0691. The van der Waals surface area contributed by atoms with E-state index in [1.807, 2.05) is 0 Å². The number of halogens is 1. The van der Waals surface area contributed by atoms with Crippen LogP contribution in [0.4, 0.5) is 5.69 Å². The number of nitrogens with zero attached hydrogens (tertiary/aromatic N) is 2. The third-order valence-electron chi connectivity index (χ3n) is 3.44. The van der Waals surface area contributed by atoms with Crippen molar-refractivity contribution in [1.82, 2.24) is 9.78 Å². The number of carbonyl (C=O) groups excluding carboxylic acids is 1. The Morgan fingerprint density at radius 2 is 2.35 bits per heavy atom. The fourth-order valence-electron chi connectivity index (χ4n) is 1.74. The molecule has 2 N–H and O–H groups in total. The summed E-state index contributed by atoms with van der Waals surface area (Å²) in [4.78, 5) is 23.2. The topological polar surface area (TPSA) is 93.5 Å². The summed E-state index contributed by atoms with van der Waals surface area (Å²) in [6.07, 6.45) is 3.42. The molecule has 1 aliphatic carbocycles. The number of hydrogen-bond acceptors (Lipinski definition) is 6. The molecular weight excluding hydrogens is 330 g/mol. The maximum Gasteiger partial charge on any atom is 0.327 e. The van der Waals surface area contributed by atoms with Gasteiger partial charge in [-0.15, -0.1) is 0 Å². The van der Waals surface area contributed by atoms with Crippen molar-refractivity contribution >= 4 is 27.6 Å². The van der Waals surface area contributed by atoms with E-state index < -0.39 is 11.5 Å². The number of methoxy groups -OCH3 is 1. The predicted molar refractivity (Wildman–Crippen MR) is 75.5 cm³/mol. The maximum absolute atomic E-state index is 12.0. The summed E-state index contributed by atoms with van der Waals surface area (Å²) in [7, 11) is 1.25. The van der Waals surface area contributed by atoms with Crippen LogP contribution in [0.5, 0.6) is 0 Å². The van der Waals surface area contributed by atoms with Gasteiger partial charge in [-0.1, -0.05) is 0 Å². The molecule has 8 heteroatoms. The van der Waals surface area contributed by atoms with Gasteiger partial charge in [-0.25, -0.2) is 4.68 Å². The maximum atomic E-state index is 12.0. The summed E-state index contributed by atoms with van der Waals surface area (Å²) in [5.74, 6) is -0.538. The molecule has 0 aromatic carbocycles. The van der Waals surface area contributed by atoms with Gasteiger partial charge < -0.3 is 15.2 Å². The smallest absolute Gasteiger partial charge is 0.327 e. The third-order valence-corrected chi connectivity index (χ3v) is 4.20. The zero-order valence-corrected chi connectivity index (χ0v) is 12.6. The zero-order chi connectivity index (χ0) is 14.8. The standard InChI is InChI=1S/C12H16BrN3O4/c1-20-9(18)5-16-11(19)10(13)8(4-15-16)14-6-12(7-17)2-3-12/h4,14,17H,2-3,5-7H2,1H3. The molecule has 0 radical (unpaired) electrons. The number of carbonyl (C=O) groups is 1. The number of hydrogen-bond donors (Lipinski definition) is 2. The molecule has 1 fully saturated rings. The molecule has 1 heterocycles. The second-order valence-electron chi connectivity index (χ2n) is 4.92. The summed E-state index contributed by atoms with van der Waals surface area (Å²) in [5.41, 5.74) is 0.0745. The normalized spacial score (nSPS) is 15.8. The van der Waals surface area contributed by atoms with Crippen molar-refractivity contribution in [2.24, 2.45) is 5.41 Å². The molecule has 0 atom stereocenters. The van der Waals surface area contributed by atoms with Crippen LogP contribution in [0.2, 0.25) is 0 Å². The first kappa shape index (κ1) is 15.0. The Morgan fingerprint density at radius 1 is 1.65 bits per heavy atom. The summed E-state index contributed by atoms with van der Waals surface area (Å²) in [5, 5.41) is 16.3. The van der Waals surface area contributed by atoms with Crippen LogP contribution < -0.4 is 10.9 Å². The number of aliphatic hydroxyl groups is 1. The minimum Gasteiger partial charge on any atom is -0.468 e. The average Bonchev–Trinajstić information content (AvgIpc) is 3.23. The molecule has 7 nitrogen and oxygen atoms in total. The highest BCUT2D eigenvalue weighted by Gasteiger charge is 2.41. The van der Waals surface area contributed by atoms with E-state index >= 15 is 0 Å². The molecule has 0 unspecified atom stereocenters. The van der Waals surface area contributed by atoms with Gasteiger partial charge in [0, 0.05) is 12.0 Å². The van der Waals surface area contributed by atoms with Crippen molar-refractivity contribution in [2.45, 2.75) is 19.4 Å². The van der Waals surface area contributed by atoms with Crippen molar-refractivity contribution < 1.29 is 14.6 Å². The highest BCUT2D eigenvalue weighted by molar-refractivity contribution is 9.10. The van der Waals surface area contributed by atoms with Crippen LogP contribution in [0.25, 0.3) is 0 Å². The Labute approximate surface area is 124 Å². The zero-order valence-electron chi connectivity index (χ0n) is 11.1. The van der Waals surface area contributed by atoms with Crippen LogP contribution in [0, 0.1) is 5.41 Å². The van der Waals surface area contributed by atoms with Crippen LogP contribution >= 0.6 is 15.9 Å². The van der Waals surface area contributed by atoms with Crippen molar-refractivity contribution in [1.29, 1.82) is 0 Å². The first-order valence-electron chi connectivity index (χ1n) is 6.18. The van der Waals surface area contributed by atoms with Crippen molar-refractivity contribution in [3.05, 3.63) is 21.0 Å². The van der Waals surface area contributed by atoms with Gasteiger partial charge >= 0.3 is 5.97 Å². The lowest BCUT2D eigenvalue weighted by molar-refractivity contribution is -0.141.